The highest BCUT2D eigenvalue weighted by molar-refractivity contribution is 6.84. The summed E-state index contributed by atoms with van der Waals surface area (Å²) in [4.78, 5) is 12.7. The molecule has 1 atom stereocenters. The SMILES string of the molecule is CC(C)C(C)(C)[Si](C)(C)[C@H](C)C(=O)c1ccccc1. The van der Waals surface area contributed by atoms with Crippen molar-refractivity contribution in [3.63, 3.8) is 0 Å². The molecule has 0 bridgehead atoms. The highest BCUT2D eigenvalue weighted by atomic mass is 28.3. The van der Waals surface area contributed by atoms with Crippen LogP contribution < -0.4 is 0 Å². The summed E-state index contributed by atoms with van der Waals surface area (Å²) < 4.78 is 0. The molecule has 19 heavy (non-hydrogen) atoms. The molecule has 0 spiro atoms. The van der Waals surface area contributed by atoms with Crippen LogP contribution in [0.2, 0.25) is 23.7 Å². The number of benzene rings is 1. The van der Waals surface area contributed by atoms with Gasteiger partial charge in [-0.25, -0.2) is 0 Å². The lowest BCUT2D eigenvalue weighted by atomic mass is 9.99. The number of ketones is 1. The second-order valence-electron chi connectivity index (χ2n) is 7.05. The first kappa shape index (κ1) is 16.2. The van der Waals surface area contributed by atoms with E-state index < -0.39 is 8.07 Å². The fraction of sp³-hybridized carbons (Fsp3) is 0.588. The number of hydrogen-bond donors (Lipinski definition) is 0. The topological polar surface area (TPSA) is 17.1 Å². The molecule has 2 heteroatoms. The van der Waals surface area contributed by atoms with Gasteiger partial charge in [0.15, 0.2) is 5.78 Å². The average Bonchev–Trinajstić information content (AvgIpc) is 2.37. The first-order chi connectivity index (χ1) is 8.62. The molecule has 0 aliphatic rings. The molecule has 0 aliphatic heterocycles. The van der Waals surface area contributed by atoms with Crippen LogP contribution in [0.3, 0.4) is 0 Å². The number of Topliss-reactive ketones (excluding diaryl/α,β-unsaturated/α-hetero) is 1. The van der Waals surface area contributed by atoms with E-state index in [0.717, 1.165) is 5.56 Å². The Labute approximate surface area is 119 Å². The molecule has 0 saturated carbocycles. The lowest BCUT2D eigenvalue weighted by Crippen LogP contribution is -2.47. The number of carbonyl (C=O) groups is 1. The highest BCUT2D eigenvalue weighted by Crippen LogP contribution is 2.50. The monoisotopic (exact) mass is 276 g/mol. The van der Waals surface area contributed by atoms with E-state index in [-0.39, 0.29) is 10.6 Å². The molecule has 0 radical (unpaired) electrons. The Morgan fingerprint density at radius 1 is 1.05 bits per heavy atom. The van der Waals surface area contributed by atoms with Crippen molar-refractivity contribution in [3.8, 4) is 0 Å². The van der Waals surface area contributed by atoms with Crippen LogP contribution in [0.4, 0.5) is 0 Å². The van der Waals surface area contributed by atoms with E-state index in [1.54, 1.807) is 0 Å². The van der Waals surface area contributed by atoms with Crippen molar-refractivity contribution in [1.82, 2.24) is 0 Å². The molecule has 1 aromatic carbocycles. The van der Waals surface area contributed by atoms with Crippen molar-refractivity contribution < 1.29 is 4.79 Å². The lowest BCUT2D eigenvalue weighted by molar-refractivity contribution is 0.0983. The van der Waals surface area contributed by atoms with Gasteiger partial charge in [-0.15, -0.1) is 0 Å². The fourth-order valence-corrected chi connectivity index (χ4v) is 5.91. The van der Waals surface area contributed by atoms with Crippen molar-refractivity contribution in [2.75, 3.05) is 0 Å². The summed E-state index contributed by atoms with van der Waals surface area (Å²) >= 11 is 0. The number of carbonyl (C=O) groups excluding carboxylic acids is 1. The standard InChI is InChI=1S/C17H28OSi/c1-13(2)17(4,5)19(6,7)14(3)16(18)15-11-9-8-10-12-15/h8-14H,1-7H3/t14-/m1/s1. The van der Waals surface area contributed by atoms with Gasteiger partial charge in [0.1, 0.15) is 0 Å². The summed E-state index contributed by atoms with van der Waals surface area (Å²) in [5.74, 6) is 0.909. The van der Waals surface area contributed by atoms with Gasteiger partial charge < -0.3 is 0 Å². The van der Waals surface area contributed by atoms with E-state index in [1.807, 2.05) is 30.3 Å². The predicted octanol–water partition coefficient (Wildman–Crippen LogP) is 5.40. The minimum absolute atomic E-state index is 0.146. The summed E-state index contributed by atoms with van der Waals surface area (Å²) in [6, 6.07) is 9.73. The van der Waals surface area contributed by atoms with Crippen molar-refractivity contribution in [1.29, 1.82) is 0 Å². The molecule has 0 aliphatic carbocycles. The molecule has 0 heterocycles. The zero-order chi connectivity index (χ0) is 14.8. The van der Waals surface area contributed by atoms with E-state index in [1.165, 1.54) is 0 Å². The Bertz CT molecular complexity index is 432. The molecule has 1 nitrogen and oxygen atoms in total. The molecule has 0 fully saturated rings. The van der Waals surface area contributed by atoms with Gasteiger partial charge in [-0.1, -0.05) is 78.0 Å². The zero-order valence-electron chi connectivity index (χ0n) is 13.4. The molecule has 1 rings (SSSR count). The molecule has 0 N–H and O–H groups in total. The van der Waals surface area contributed by atoms with Gasteiger partial charge >= 0.3 is 0 Å². The van der Waals surface area contributed by atoms with Gasteiger partial charge in [0.05, 0.1) is 8.07 Å². The van der Waals surface area contributed by atoms with Gasteiger partial charge in [0.2, 0.25) is 0 Å². The summed E-state index contributed by atoms with van der Waals surface area (Å²) in [6.07, 6.45) is 0. The Balaban J connectivity index is 3.06. The van der Waals surface area contributed by atoms with E-state index in [0.29, 0.717) is 11.7 Å². The Morgan fingerprint density at radius 2 is 1.53 bits per heavy atom. The molecule has 0 saturated heterocycles. The summed E-state index contributed by atoms with van der Waals surface area (Å²) in [5.41, 5.74) is 1.00. The second kappa shape index (κ2) is 5.62. The fourth-order valence-electron chi connectivity index (χ4n) is 2.48. The molecular formula is C17H28OSi. The van der Waals surface area contributed by atoms with Crippen LogP contribution >= 0.6 is 0 Å². The van der Waals surface area contributed by atoms with E-state index in [9.17, 15) is 4.79 Å². The van der Waals surface area contributed by atoms with Crippen LogP contribution in [0.1, 0.15) is 45.0 Å². The van der Waals surface area contributed by atoms with Gasteiger partial charge in [0, 0.05) is 11.1 Å². The minimum Gasteiger partial charge on any atom is -0.294 e. The molecule has 0 amide bonds. The maximum atomic E-state index is 12.7. The molecule has 106 valence electrons. The van der Waals surface area contributed by atoms with Crippen LogP contribution in [-0.4, -0.2) is 13.9 Å². The predicted molar refractivity (Wildman–Crippen MR) is 86.6 cm³/mol. The second-order valence-corrected chi connectivity index (χ2v) is 12.6. The minimum atomic E-state index is -1.69. The third-order valence-corrected chi connectivity index (χ3v) is 12.0. The van der Waals surface area contributed by atoms with E-state index in [2.05, 4.69) is 47.7 Å². The van der Waals surface area contributed by atoms with Crippen LogP contribution in [0.15, 0.2) is 30.3 Å². The first-order valence-electron chi connectivity index (χ1n) is 7.21. The third-order valence-electron chi connectivity index (χ3n) is 5.64. The highest BCUT2D eigenvalue weighted by Gasteiger charge is 2.47. The smallest absolute Gasteiger partial charge is 0.163 e. The van der Waals surface area contributed by atoms with E-state index >= 15 is 0 Å². The van der Waals surface area contributed by atoms with Gasteiger partial charge in [0.25, 0.3) is 0 Å². The normalized spacial score (nSPS) is 14.5. The van der Waals surface area contributed by atoms with Crippen LogP contribution in [0, 0.1) is 5.92 Å². The summed E-state index contributed by atoms with van der Waals surface area (Å²) in [6.45, 7) is 16.1. The summed E-state index contributed by atoms with van der Waals surface area (Å²) in [7, 11) is -1.69. The zero-order valence-corrected chi connectivity index (χ0v) is 14.4. The van der Waals surface area contributed by atoms with Gasteiger partial charge in [-0.3, -0.25) is 4.79 Å². The molecule has 0 aromatic heterocycles. The quantitative estimate of drug-likeness (QED) is 0.519. The molecular weight excluding hydrogens is 248 g/mol. The van der Waals surface area contributed by atoms with Crippen LogP contribution in [0.25, 0.3) is 0 Å². The van der Waals surface area contributed by atoms with Crippen molar-refractivity contribution in [2.24, 2.45) is 5.92 Å². The largest absolute Gasteiger partial charge is 0.294 e. The Hall–Kier alpha value is -0.893. The third kappa shape index (κ3) is 2.99. The molecule has 0 unspecified atom stereocenters. The van der Waals surface area contributed by atoms with Gasteiger partial charge in [-0.2, -0.15) is 0 Å². The van der Waals surface area contributed by atoms with Crippen molar-refractivity contribution >= 4 is 13.9 Å². The van der Waals surface area contributed by atoms with Crippen LogP contribution in [0.5, 0.6) is 0 Å². The van der Waals surface area contributed by atoms with Crippen molar-refractivity contribution in [3.05, 3.63) is 35.9 Å². The average molecular weight is 276 g/mol. The maximum Gasteiger partial charge on any atom is 0.163 e. The number of hydrogen-bond acceptors (Lipinski definition) is 1. The van der Waals surface area contributed by atoms with E-state index in [4.69, 9.17) is 0 Å². The first-order valence-corrected chi connectivity index (χ1v) is 10.3. The molecule has 1 aromatic rings. The summed E-state index contributed by atoms with van der Waals surface area (Å²) in [5, 5.41) is 0.247. The van der Waals surface area contributed by atoms with Gasteiger partial charge in [-0.05, 0) is 11.0 Å². The van der Waals surface area contributed by atoms with Crippen LogP contribution in [-0.2, 0) is 0 Å². The van der Waals surface area contributed by atoms with Crippen molar-refractivity contribution in [2.45, 2.75) is 58.3 Å². The number of rotatable bonds is 5. The Kier molecular flexibility index (Phi) is 4.78. The maximum absolute atomic E-state index is 12.7. The Morgan fingerprint density at radius 3 is 1.95 bits per heavy atom. The lowest BCUT2D eigenvalue weighted by Gasteiger charge is -2.46.